The third-order valence-corrected chi connectivity index (χ3v) is 5.75. The molecule has 3 aromatic rings. The fourth-order valence-electron chi connectivity index (χ4n) is 3.79. The van der Waals surface area contributed by atoms with Crippen molar-refractivity contribution in [2.75, 3.05) is 21.3 Å². The summed E-state index contributed by atoms with van der Waals surface area (Å²) in [5.74, 6) is -1.88. The standard InChI is InChI=1S/C31H21N5O4/c37-28(20-10-1-2-11-20)33-22-14-5-7-16-24(22)35-30(39)26-18-9-19-27(32-26)31(40)36-25-17-8-6-15-23(25)34-29(38)21-12-3-4-13-21/h1-10,12,14-19H,(H,33,37)(H,34,38)(H,35,39)(H,36,40). The van der Waals surface area contributed by atoms with E-state index in [4.69, 9.17) is 0 Å². The van der Waals surface area contributed by atoms with E-state index in [-0.39, 0.29) is 23.2 Å². The topological polar surface area (TPSA) is 129 Å². The molecule has 0 bridgehead atoms. The molecule has 0 aliphatic heterocycles. The van der Waals surface area contributed by atoms with Gasteiger partial charge in [0.1, 0.15) is 11.4 Å². The zero-order valence-electron chi connectivity index (χ0n) is 20.9. The van der Waals surface area contributed by atoms with Crippen LogP contribution in [0.4, 0.5) is 22.7 Å². The summed E-state index contributed by atoms with van der Waals surface area (Å²) < 4.78 is 0. The maximum absolute atomic E-state index is 13.0. The lowest BCUT2D eigenvalue weighted by Crippen LogP contribution is -2.20. The second-order valence-corrected chi connectivity index (χ2v) is 8.48. The fraction of sp³-hybridized carbons (Fsp3) is 0. The van der Waals surface area contributed by atoms with Gasteiger partial charge < -0.3 is 21.3 Å². The van der Waals surface area contributed by atoms with Crippen molar-refractivity contribution < 1.29 is 19.2 Å². The van der Waals surface area contributed by atoms with Crippen molar-refractivity contribution >= 4 is 46.4 Å². The van der Waals surface area contributed by atoms with Crippen molar-refractivity contribution in [2.24, 2.45) is 0 Å². The maximum Gasteiger partial charge on any atom is 0.274 e. The zero-order chi connectivity index (χ0) is 27.9. The molecule has 0 saturated heterocycles. The van der Waals surface area contributed by atoms with Gasteiger partial charge in [0.25, 0.3) is 23.6 Å². The predicted molar refractivity (Wildman–Crippen MR) is 152 cm³/mol. The van der Waals surface area contributed by atoms with Gasteiger partial charge in [0.2, 0.25) is 0 Å². The van der Waals surface area contributed by atoms with Gasteiger partial charge in [-0.3, -0.25) is 19.2 Å². The lowest BCUT2D eigenvalue weighted by molar-refractivity contribution is -0.113. The molecule has 0 saturated carbocycles. The SMILES string of the molecule is O=C(Nc1ccccc1NC(=O)c1cccc(C(=O)Nc2ccccc2NC(=O)C2=C=CC=C2)n1)C1=C=CC=C1. The van der Waals surface area contributed by atoms with Gasteiger partial charge in [-0.25, -0.2) is 4.98 Å². The van der Waals surface area contributed by atoms with Crippen LogP contribution in [-0.2, 0) is 9.59 Å². The van der Waals surface area contributed by atoms with Crippen molar-refractivity contribution in [1.82, 2.24) is 4.98 Å². The smallest absolute Gasteiger partial charge is 0.274 e. The van der Waals surface area contributed by atoms with Gasteiger partial charge in [-0.05, 0) is 60.7 Å². The van der Waals surface area contributed by atoms with Crippen LogP contribution in [0.3, 0.4) is 0 Å². The second-order valence-electron chi connectivity index (χ2n) is 8.48. The molecule has 2 aliphatic rings. The zero-order valence-corrected chi connectivity index (χ0v) is 20.9. The van der Waals surface area contributed by atoms with Crippen LogP contribution in [0.2, 0.25) is 0 Å². The number of anilines is 4. The van der Waals surface area contributed by atoms with Gasteiger partial charge in [-0.1, -0.05) is 42.5 Å². The molecule has 0 fully saturated rings. The number of carbonyl (C=O) groups excluding carboxylic acids is 4. The summed E-state index contributed by atoms with van der Waals surface area (Å²) >= 11 is 0. The molecule has 0 unspecified atom stereocenters. The fourth-order valence-corrected chi connectivity index (χ4v) is 3.79. The number of hydrogen-bond acceptors (Lipinski definition) is 5. The average Bonchev–Trinajstić information content (AvgIpc) is 3.71. The number of amides is 4. The highest BCUT2D eigenvalue weighted by Gasteiger charge is 2.17. The third-order valence-electron chi connectivity index (χ3n) is 5.75. The molecule has 9 nitrogen and oxygen atoms in total. The van der Waals surface area contributed by atoms with Gasteiger partial charge in [0, 0.05) is 0 Å². The number of allylic oxidation sites excluding steroid dienone is 2. The number of carbonyl (C=O) groups is 4. The third kappa shape index (κ3) is 5.93. The first kappa shape index (κ1) is 25.6. The van der Waals surface area contributed by atoms with Crippen LogP contribution in [0.5, 0.6) is 0 Å². The van der Waals surface area contributed by atoms with E-state index in [2.05, 4.69) is 37.7 Å². The minimum absolute atomic E-state index is 0.00789. The Balaban J connectivity index is 1.28. The number of para-hydroxylation sites is 4. The first-order valence-electron chi connectivity index (χ1n) is 12.2. The lowest BCUT2D eigenvalue weighted by Gasteiger charge is -2.13. The molecule has 1 heterocycles. The highest BCUT2D eigenvalue weighted by Crippen LogP contribution is 2.24. The van der Waals surface area contributed by atoms with Gasteiger partial charge in [0.15, 0.2) is 0 Å². The molecule has 9 heteroatoms. The van der Waals surface area contributed by atoms with Gasteiger partial charge in [-0.15, -0.1) is 11.5 Å². The highest BCUT2D eigenvalue weighted by atomic mass is 16.2. The Morgan fingerprint density at radius 1 is 0.500 bits per heavy atom. The summed E-state index contributed by atoms with van der Waals surface area (Å²) in [5, 5.41) is 11.0. The summed E-state index contributed by atoms with van der Waals surface area (Å²) in [6, 6.07) is 17.9. The van der Waals surface area contributed by atoms with E-state index >= 15 is 0 Å². The molecule has 5 rings (SSSR count). The summed E-state index contributed by atoms with van der Waals surface area (Å²) in [7, 11) is 0. The van der Waals surface area contributed by atoms with E-state index in [1.807, 2.05) is 0 Å². The van der Waals surface area contributed by atoms with Crippen LogP contribution in [0.25, 0.3) is 0 Å². The predicted octanol–water partition coefficient (Wildman–Crippen LogP) is 4.77. The largest absolute Gasteiger partial charge is 0.320 e. The molecule has 0 spiro atoms. The number of nitrogens with one attached hydrogen (secondary N) is 4. The Hall–Kier alpha value is -6.01. The van der Waals surface area contributed by atoms with Crippen molar-refractivity contribution in [3.63, 3.8) is 0 Å². The molecule has 194 valence electrons. The molecular weight excluding hydrogens is 506 g/mol. The minimum Gasteiger partial charge on any atom is -0.320 e. The maximum atomic E-state index is 13.0. The Bertz CT molecular complexity index is 1630. The highest BCUT2D eigenvalue weighted by molar-refractivity contribution is 6.12. The van der Waals surface area contributed by atoms with Crippen LogP contribution in [0.15, 0.2) is 126 Å². The minimum atomic E-state index is -0.574. The van der Waals surface area contributed by atoms with E-state index < -0.39 is 11.8 Å². The summed E-state index contributed by atoms with van der Waals surface area (Å²) in [5.41, 5.74) is 7.87. The van der Waals surface area contributed by atoms with Crippen LogP contribution in [0, 0.1) is 0 Å². The van der Waals surface area contributed by atoms with E-state index in [1.165, 1.54) is 18.2 Å². The van der Waals surface area contributed by atoms with Crippen molar-refractivity contribution in [3.05, 3.63) is 137 Å². The number of pyridine rings is 1. The first-order chi connectivity index (χ1) is 19.5. The Morgan fingerprint density at radius 2 is 0.875 bits per heavy atom. The monoisotopic (exact) mass is 527 g/mol. The molecule has 2 aliphatic carbocycles. The van der Waals surface area contributed by atoms with Gasteiger partial charge >= 0.3 is 0 Å². The van der Waals surface area contributed by atoms with E-state index in [0.717, 1.165) is 0 Å². The number of hydrogen-bond donors (Lipinski definition) is 4. The summed E-state index contributed by atoms with van der Waals surface area (Å²) in [6.45, 7) is 0. The Morgan fingerprint density at radius 3 is 1.23 bits per heavy atom. The van der Waals surface area contributed by atoms with Crippen LogP contribution >= 0.6 is 0 Å². The lowest BCUT2D eigenvalue weighted by atomic mass is 10.2. The Kier molecular flexibility index (Phi) is 7.42. The van der Waals surface area contributed by atoms with Crippen molar-refractivity contribution in [3.8, 4) is 0 Å². The molecule has 2 aromatic carbocycles. The van der Waals surface area contributed by atoms with E-state index in [1.54, 1.807) is 85.0 Å². The Labute approximate surface area is 229 Å². The molecule has 4 amide bonds. The molecule has 4 N–H and O–H groups in total. The molecule has 0 radical (unpaired) electrons. The van der Waals surface area contributed by atoms with Gasteiger partial charge in [0.05, 0.1) is 33.9 Å². The van der Waals surface area contributed by atoms with Crippen LogP contribution < -0.4 is 21.3 Å². The molecule has 0 atom stereocenters. The number of rotatable bonds is 8. The molecular formula is C31H21N5O4. The van der Waals surface area contributed by atoms with Gasteiger partial charge in [-0.2, -0.15) is 0 Å². The van der Waals surface area contributed by atoms with Crippen molar-refractivity contribution in [1.29, 1.82) is 0 Å². The van der Waals surface area contributed by atoms with Crippen LogP contribution in [-0.4, -0.2) is 28.6 Å². The summed E-state index contributed by atoms with van der Waals surface area (Å²) in [6.07, 6.45) is 9.94. The average molecular weight is 528 g/mol. The van der Waals surface area contributed by atoms with E-state index in [0.29, 0.717) is 33.9 Å². The second kappa shape index (κ2) is 11.6. The summed E-state index contributed by atoms with van der Waals surface area (Å²) in [4.78, 5) is 55.2. The number of nitrogens with zero attached hydrogens (tertiary/aromatic N) is 1. The van der Waals surface area contributed by atoms with Crippen molar-refractivity contribution in [2.45, 2.75) is 0 Å². The van der Waals surface area contributed by atoms with Crippen LogP contribution in [0.1, 0.15) is 21.0 Å². The first-order valence-corrected chi connectivity index (χ1v) is 12.2. The molecule has 40 heavy (non-hydrogen) atoms. The molecule has 1 aromatic heterocycles. The van der Waals surface area contributed by atoms with E-state index in [9.17, 15) is 19.2 Å². The number of aromatic nitrogens is 1. The normalized spacial score (nSPS) is 12.5. The number of benzene rings is 2. The quantitative estimate of drug-likeness (QED) is 0.314.